The molecule has 0 fully saturated rings. The van der Waals surface area contributed by atoms with Crippen LogP contribution in [0, 0.1) is 17.2 Å². The Labute approximate surface area is 178 Å². The molecule has 1 aliphatic rings. The van der Waals surface area contributed by atoms with Crippen molar-refractivity contribution in [2.24, 2.45) is 5.92 Å². The third-order valence-corrected chi connectivity index (χ3v) is 5.73. The molecular weight excluding hydrogens is 374 g/mol. The molecule has 30 heavy (non-hydrogen) atoms. The molecular formula is C25H29N3O2. The van der Waals surface area contributed by atoms with Gasteiger partial charge in [-0.15, -0.1) is 0 Å². The van der Waals surface area contributed by atoms with Gasteiger partial charge in [-0.2, -0.15) is 5.26 Å². The minimum absolute atomic E-state index is 0.0623. The first kappa shape index (κ1) is 21.6. The summed E-state index contributed by atoms with van der Waals surface area (Å²) in [6, 6.07) is 15.7. The Hall–Kier alpha value is -3.13. The molecule has 0 saturated heterocycles. The Morgan fingerprint density at radius 2 is 1.97 bits per heavy atom. The molecule has 0 aromatic heterocycles. The predicted molar refractivity (Wildman–Crippen MR) is 119 cm³/mol. The second kappa shape index (κ2) is 9.58. The van der Waals surface area contributed by atoms with Crippen LogP contribution in [-0.2, 0) is 22.4 Å². The number of fused-ring (bicyclic) bond motifs is 1. The Morgan fingerprint density at radius 3 is 2.63 bits per heavy atom. The van der Waals surface area contributed by atoms with Gasteiger partial charge >= 0.3 is 0 Å². The van der Waals surface area contributed by atoms with Crippen LogP contribution in [0.5, 0.6) is 0 Å². The van der Waals surface area contributed by atoms with Crippen molar-refractivity contribution in [3.63, 3.8) is 0 Å². The summed E-state index contributed by atoms with van der Waals surface area (Å²) in [5.74, 6) is 0.370. The topological polar surface area (TPSA) is 73.2 Å². The average Bonchev–Trinajstić information content (AvgIpc) is 3.02. The number of rotatable bonds is 8. The van der Waals surface area contributed by atoms with Gasteiger partial charge in [0.2, 0.25) is 11.8 Å². The van der Waals surface area contributed by atoms with E-state index in [0.717, 1.165) is 40.8 Å². The summed E-state index contributed by atoms with van der Waals surface area (Å²) in [4.78, 5) is 26.0. The van der Waals surface area contributed by atoms with E-state index in [9.17, 15) is 14.9 Å². The zero-order valence-electron chi connectivity index (χ0n) is 17.9. The monoisotopic (exact) mass is 403 g/mol. The maximum atomic E-state index is 12.2. The Balaban J connectivity index is 1.67. The summed E-state index contributed by atoms with van der Waals surface area (Å²) in [6.07, 6.45) is 3.41. The van der Waals surface area contributed by atoms with Crippen molar-refractivity contribution in [2.75, 3.05) is 11.9 Å². The third-order valence-electron chi connectivity index (χ3n) is 5.73. The van der Waals surface area contributed by atoms with Crippen LogP contribution < -0.4 is 10.2 Å². The van der Waals surface area contributed by atoms with E-state index >= 15 is 0 Å². The average molecular weight is 404 g/mol. The standard InChI is InChI=1S/C25H29N3O2/c1-4-6-17(2)13-24(29)27-20(16-26)14-18-9-11-19(12-10-18)21-7-5-8-23-22(21)15-25(30)28(23)3/h5,7-12,17,20H,4,6,13-15H2,1-3H3,(H,27,29)/t17-,20?/m1/s1. The molecule has 0 spiro atoms. The lowest BCUT2D eigenvalue weighted by Gasteiger charge is -2.15. The van der Waals surface area contributed by atoms with Gasteiger partial charge in [0.25, 0.3) is 0 Å². The quantitative estimate of drug-likeness (QED) is 0.716. The third kappa shape index (κ3) is 4.88. The van der Waals surface area contributed by atoms with Gasteiger partial charge in [0.1, 0.15) is 6.04 Å². The molecule has 0 bridgehead atoms. The summed E-state index contributed by atoms with van der Waals surface area (Å²) in [7, 11) is 1.81. The number of nitrogens with zero attached hydrogens (tertiary/aromatic N) is 2. The highest BCUT2D eigenvalue weighted by Crippen LogP contribution is 2.36. The SMILES string of the molecule is CCC[C@@H](C)CC(=O)NC(C#N)Cc1ccc(-c2cccc3c2CC(=O)N3C)cc1. The number of carbonyl (C=O) groups is 2. The number of carbonyl (C=O) groups excluding carboxylic acids is 2. The fourth-order valence-corrected chi connectivity index (χ4v) is 4.10. The molecule has 2 aromatic carbocycles. The zero-order chi connectivity index (χ0) is 21.7. The van der Waals surface area contributed by atoms with Gasteiger partial charge < -0.3 is 10.2 Å². The number of nitriles is 1. The summed E-state index contributed by atoms with van der Waals surface area (Å²) < 4.78 is 0. The molecule has 0 aliphatic carbocycles. The van der Waals surface area contributed by atoms with Crippen molar-refractivity contribution in [2.45, 2.75) is 52.0 Å². The molecule has 1 unspecified atom stereocenters. The van der Waals surface area contributed by atoms with Gasteiger partial charge in [-0.1, -0.05) is 63.1 Å². The molecule has 1 heterocycles. The smallest absolute Gasteiger partial charge is 0.231 e. The molecule has 2 aromatic rings. The van der Waals surface area contributed by atoms with Gasteiger partial charge in [0.15, 0.2) is 0 Å². The summed E-state index contributed by atoms with van der Waals surface area (Å²) >= 11 is 0. The Kier molecular flexibility index (Phi) is 6.89. The van der Waals surface area contributed by atoms with Crippen molar-refractivity contribution in [1.82, 2.24) is 5.32 Å². The Morgan fingerprint density at radius 1 is 1.23 bits per heavy atom. The van der Waals surface area contributed by atoms with Crippen LogP contribution in [0.25, 0.3) is 11.1 Å². The Bertz CT molecular complexity index is 959. The predicted octanol–water partition coefficient (Wildman–Crippen LogP) is 4.25. The van der Waals surface area contributed by atoms with Crippen LogP contribution in [0.4, 0.5) is 5.69 Å². The van der Waals surface area contributed by atoms with Crippen LogP contribution >= 0.6 is 0 Å². The van der Waals surface area contributed by atoms with E-state index in [1.165, 1.54) is 0 Å². The van der Waals surface area contributed by atoms with Crippen LogP contribution in [0.15, 0.2) is 42.5 Å². The number of nitrogens with one attached hydrogen (secondary N) is 1. The van der Waals surface area contributed by atoms with E-state index in [-0.39, 0.29) is 11.8 Å². The van der Waals surface area contributed by atoms with E-state index in [1.54, 1.807) is 11.9 Å². The van der Waals surface area contributed by atoms with E-state index in [4.69, 9.17) is 0 Å². The number of hydrogen-bond donors (Lipinski definition) is 1. The molecule has 3 rings (SSSR count). The molecule has 156 valence electrons. The fraction of sp³-hybridized carbons (Fsp3) is 0.400. The van der Waals surface area contributed by atoms with E-state index in [1.807, 2.05) is 42.5 Å². The van der Waals surface area contributed by atoms with E-state index in [2.05, 4.69) is 25.2 Å². The van der Waals surface area contributed by atoms with Crippen LogP contribution in [0.2, 0.25) is 0 Å². The highest BCUT2D eigenvalue weighted by atomic mass is 16.2. The first-order valence-corrected chi connectivity index (χ1v) is 10.6. The van der Waals surface area contributed by atoms with Gasteiger partial charge in [-0.05, 0) is 34.2 Å². The van der Waals surface area contributed by atoms with Crippen LogP contribution in [0.1, 0.15) is 44.2 Å². The normalized spacial score (nSPS) is 14.7. The minimum atomic E-state index is -0.538. The number of benzene rings is 2. The van der Waals surface area contributed by atoms with E-state index in [0.29, 0.717) is 25.2 Å². The summed E-state index contributed by atoms with van der Waals surface area (Å²) in [6.45, 7) is 4.17. The van der Waals surface area contributed by atoms with Crippen molar-refractivity contribution >= 4 is 17.5 Å². The van der Waals surface area contributed by atoms with Crippen molar-refractivity contribution in [3.8, 4) is 17.2 Å². The molecule has 5 heteroatoms. The van der Waals surface area contributed by atoms with Crippen LogP contribution in [-0.4, -0.2) is 24.9 Å². The lowest BCUT2D eigenvalue weighted by atomic mass is 9.96. The summed E-state index contributed by atoms with van der Waals surface area (Å²) in [5.41, 5.74) is 5.12. The van der Waals surface area contributed by atoms with Crippen molar-refractivity contribution < 1.29 is 9.59 Å². The second-order valence-electron chi connectivity index (χ2n) is 8.18. The lowest BCUT2D eigenvalue weighted by molar-refractivity contribution is -0.122. The lowest BCUT2D eigenvalue weighted by Crippen LogP contribution is -2.36. The molecule has 0 saturated carbocycles. The second-order valence-corrected chi connectivity index (χ2v) is 8.18. The van der Waals surface area contributed by atoms with Gasteiger partial charge in [0.05, 0.1) is 12.5 Å². The van der Waals surface area contributed by atoms with Gasteiger partial charge in [0, 0.05) is 25.6 Å². The first-order chi connectivity index (χ1) is 14.4. The number of anilines is 1. The molecule has 5 nitrogen and oxygen atoms in total. The molecule has 2 amide bonds. The molecule has 0 radical (unpaired) electrons. The highest BCUT2D eigenvalue weighted by Gasteiger charge is 2.26. The first-order valence-electron chi connectivity index (χ1n) is 10.6. The molecule has 1 N–H and O–H groups in total. The highest BCUT2D eigenvalue weighted by molar-refractivity contribution is 6.03. The molecule has 1 aliphatic heterocycles. The van der Waals surface area contributed by atoms with Crippen molar-refractivity contribution in [1.29, 1.82) is 5.26 Å². The number of hydrogen-bond acceptors (Lipinski definition) is 3. The molecule has 2 atom stereocenters. The maximum absolute atomic E-state index is 12.2. The largest absolute Gasteiger partial charge is 0.340 e. The van der Waals surface area contributed by atoms with Crippen LogP contribution in [0.3, 0.4) is 0 Å². The minimum Gasteiger partial charge on any atom is -0.340 e. The zero-order valence-corrected chi connectivity index (χ0v) is 17.9. The number of likely N-dealkylation sites (N-methyl/N-ethyl adjacent to an activating group) is 1. The fourth-order valence-electron chi connectivity index (χ4n) is 4.10. The van der Waals surface area contributed by atoms with Gasteiger partial charge in [-0.25, -0.2) is 0 Å². The van der Waals surface area contributed by atoms with Crippen molar-refractivity contribution in [3.05, 3.63) is 53.6 Å². The summed E-state index contributed by atoms with van der Waals surface area (Å²) in [5, 5.41) is 12.3. The number of amides is 2. The van der Waals surface area contributed by atoms with E-state index < -0.39 is 6.04 Å². The van der Waals surface area contributed by atoms with Gasteiger partial charge in [-0.3, -0.25) is 9.59 Å². The maximum Gasteiger partial charge on any atom is 0.231 e.